The van der Waals surface area contributed by atoms with Crippen molar-refractivity contribution in [1.82, 2.24) is 0 Å². The second-order valence-corrected chi connectivity index (χ2v) is 2.57. The molecule has 60 valence electrons. The molecule has 0 spiro atoms. The van der Waals surface area contributed by atoms with Crippen LogP contribution in [0.4, 0.5) is 0 Å². The van der Waals surface area contributed by atoms with Gasteiger partial charge in [-0.25, -0.2) is 0 Å². The lowest BCUT2D eigenvalue weighted by molar-refractivity contribution is -0.112. The van der Waals surface area contributed by atoms with Crippen LogP contribution in [0.2, 0.25) is 0 Å². The molecule has 3 nitrogen and oxygen atoms in total. The highest BCUT2D eigenvalue weighted by Gasteiger charge is 2.15. The van der Waals surface area contributed by atoms with E-state index in [0.717, 1.165) is 6.29 Å². The van der Waals surface area contributed by atoms with Gasteiger partial charge in [-0.15, -0.1) is 0 Å². The van der Waals surface area contributed by atoms with Gasteiger partial charge in [0.05, 0.1) is 5.54 Å². The maximum atomic E-state index is 10.2. The molecule has 10 heavy (non-hydrogen) atoms. The highest BCUT2D eigenvalue weighted by molar-refractivity contribution is 5.62. The van der Waals surface area contributed by atoms with Gasteiger partial charge in [-0.1, -0.05) is 0 Å². The number of nitrogens with two attached hydrogens (primary N) is 1. The number of hydrogen-bond donors (Lipinski definition) is 1. The summed E-state index contributed by atoms with van der Waals surface area (Å²) >= 11 is 0. The van der Waals surface area contributed by atoms with E-state index in [9.17, 15) is 4.79 Å². The Labute approximate surface area is 61.5 Å². The van der Waals surface area contributed by atoms with Crippen LogP contribution in [-0.4, -0.2) is 25.0 Å². The molecule has 0 bridgehead atoms. The molecule has 0 fully saturated rings. The zero-order chi connectivity index (χ0) is 8.04. The number of rotatable bonds is 5. The SMILES string of the molecule is CCOCCC(C)(N)C=O. The van der Waals surface area contributed by atoms with Crippen molar-refractivity contribution in [2.45, 2.75) is 25.8 Å². The fourth-order valence-electron chi connectivity index (χ4n) is 0.495. The Morgan fingerprint density at radius 3 is 2.70 bits per heavy atom. The molecule has 0 aromatic heterocycles. The van der Waals surface area contributed by atoms with Gasteiger partial charge in [0.1, 0.15) is 6.29 Å². The van der Waals surface area contributed by atoms with Gasteiger partial charge in [-0.2, -0.15) is 0 Å². The first-order valence-corrected chi connectivity index (χ1v) is 3.45. The molecule has 1 atom stereocenters. The number of carbonyl (C=O) groups excluding carboxylic acids is 1. The maximum Gasteiger partial charge on any atom is 0.139 e. The minimum Gasteiger partial charge on any atom is -0.382 e. The predicted molar refractivity (Wildman–Crippen MR) is 39.8 cm³/mol. The van der Waals surface area contributed by atoms with E-state index >= 15 is 0 Å². The lowest BCUT2D eigenvalue weighted by atomic mass is 10.0. The number of hydrogen-bond acceptors (Lipinski definition) is 3. The van der Waals surface area contributed by atoms with Gasteiger partial charge in [-0.05, 0) is 20.3 Å². The van der Waals surface area contributed by atoms with Crippen LogP contribution in [-0.2, 0) is 9.53 Å². The normalized spacial score (nSPS) is 16.3. The molecular formula is C7H15NO2. The Bertz CT molecular complexity index is 102. The largest absolute Gasteiger partial charge is 0.382 e. The van der Waals surface area contributed by atoms with Crippen molar-refractivity contribution in [3.05, 3.63) is 0 Å². The second-order valence-electron chi connectivity index (χ2n) is 2.57. The molecule has 0 aromatic rings. The van der Waals surface area contributed by atoms with Crippen molar-refractivity contribution in [3.63, 3.8) is 0 Å². The van der Waals surface area contributed by atoms with Crippen molar-refractivity contribution in [2.24, 2.45) is 5.73 Å². The summed E-state index contributed by atoms with van der Waals surface area (Å²) in [6, 6.07) is 0. The number of carbonyl (C=O) groups is 1. The first kappa shape index (κ1) is 9.59. The van der Waals surface area contributed by atoms with Gasteiger partial charge in [0, 0.05) is 13.2 Å². The van der Waals surface area contributed by atoms with Gasteiger partial charge in [0.15, 0.2) is 0 Å². The molecule has 0 radical (unpaired) electrons. The van der Waals surface area contributed by atoms with Crippen LogP contribution in [0.1, 0.15) is 20.3 Å². The highest BCUT2D eigenvalue weighted by Crippen LogP contribution is 2.00. The van der Waals surface area contributed by atoms with E-state index < -0.39 is 5.54 Å². The average molecular weight is 145 g/mol. The summed E-state index contributed by atoms with van der Waals surface area (Å²) in [4.78, 5) is 10.2. The first-order valence-electron chi connectivity index (χ1n) is 3.45. The van der Waals surface area contributed by atoms with Crippen molar-refractivity contribution < 1.29 is 9.53 Å². The third kappa shape index (κ3) is 4.47. The molecule has 3 heteroatoms. The molecule has 1 unspecified atom stereocenters. The van der Waals surface area contributed by atoms with Crippen LogP contribution in [0.15, 0.2) is 0 Å². The highest BCUT2D eigenvalue weighted by atomic mass is 16.5. The Balaban J connectivity index is 3.37. The minimum absolute atomic E-state index is 0.558. The topological polar surface area (TPSA) is 52.3 Å². The Hall–Kier alpha value is -0.410. The fraction of sp³-hybridized carbons (Fsp3) is 0.857. The molecule has 0 aromatic carbocycles. The van der Waals surface area contributed by atoms with Gasteiger partial charge in [0.2, 0.25) is 0 Å². The van der Waals surface area contributed by atoms with Gasteiger partial charge >= 0.3 is 0 Å². The lowest BCUT2D eigenvalue weighted by Crippen LogP contribution is -2.38. The van der Waals surface area contributed by atoms with Crippen LogP contribution in [0.25, 0.3) is 0 Å². The zero-order valence-electron chi connectivity index (χ0n) is 6.59. The van der Waals surface area contributed by atoms with Crippen LogP contribution in [0, 0.1) is 0 Å². The van der Waals surface area contributed by atoms with E-state index in [2.05, 4.69) is 0 Å². The molecule has 0 amide bonds. The number of aldehydes is 1. The van der Waals surface area contributed by atoms with Crippen LogP contribution < -0.4 is 5.73 Å². The summed E-state index contributed by atoms with van der Waals surface area (Å²) in [6.45, 7) is 4.84. The third-order valence-corrected chi connectivity index (χ3v) is 1.26. The third-order valence-electron chi connectivity index (χ3n) is 1.26. The van der Waals surface area contributed by atoms with E-state index in [0.29, 0.717) is 19.6 Å². The van der Waals surface area contributed by atoms with E-state index in [-0.39, 0.29) is 0 Å². The summed E-state index contributed by atoms with van der Waals surface area (Å²) in [5.41, 5.74) is 4.80. The molecule has 0 aliphatic carbocycles. The fourth-order valence-corrected chi connectivity index (χ4v) is 0.495. The van der Waals surface area contributed by atoms with Crippen molar-refractivity contribution in [1.29, 1.82) is 0 Å². The number of ether oxygens (including phenoxy) is 1. The van der Waals surface area contributed by atoms with E-state index in [1.807, 2.05) is 6.92 Å². The van der Waals surface area contributed by atoms with E-state index in [1.165, 1.54) is 0 Å². The summed E-state index contributed by atoms with van der Waals surface area (Å²) in [5.74, 6) is 0. The van der Waals surface area contributed by atoms with Crippen molar-refractivity contribution >= 4 is 6.29 Å². The molecule has 0 rings (SSSR count). The van der Waals surface area contributed by atoms with E-state index in [4.69, 9.17) is 10.5 Å². The van der Waals surface area contributed by atoms with Gasteiger partial charge in [-0.3, -0.25) is 0 Å². The van der Waals surface area contributed by atoms with Gasteiger partial charge in [0.25, 0.3) is 0 Å². The monoisotopic (exact) mass is 145 g/mol. The minimum atomic E-state index is -0.713. The van der Waals surface area contributed by atoms with Gasteiger partial charge < -0.3 is 15.3 Å². The van der Waals surface area contributed by atoms with E-state index in [1.54, 1.807) is 6.92 Å². The summed E-state index contributed by atoms with van der Waals surface area (Å²) in [6.07, 6.45) is 1.34. The molecule has 0 aliphatic heterocycles. The summed E-state index contributed by atoms with van der Waals surface area (Å²) in [5, 5.41) is 0. The molecular weight excluding hydrogens is 130 g/mol. The molecule has 0 heterocycles. The predicted octanol–water partition coefficient (Wildman–Crippen LogP) is 0.329. The second kappa shape index (κ2) is 4.41. The molecule has 2 N–H and O–H groups in total. The van der Waals surface area contributed by atoms with Crippen LogP contribution in [0.5, 0.6) is 0 Å². The quantitative estimate of drug-likeness (QED) is 0.448. The Morgan fingerprint density at radius 1 is 1.70 bits per heavy atom. The zero-order valence-corrected chi connectivity index (χ0v) is 6.59. The average Bonchev–Trinajstić information content (AvgIpc) is 1.89. The summed E-state index contributed by atoms with van der Waals surface area (Å²) in [7, 11) is 0. The first-order chi connectivity index (χ1) is 4.62. The summed E-state index contributed by atoms with van der Waals surface area (Å²) < 4.78 is 5.03. The lowest BCUT2D eigenvalue weighted by Gasteiger charge is -2.15. The Morgan fingerprint density at radius 2 is 2.30 bits per heavy atom. The smallest absolute Gasteiger partial charge is 0.139 e. The van der Waals surface area contributed by atoms with Crippen LogP contribution in [0.3, 0.4) is 0 Å². The van der Waals surface area contributed by atoms with Crippen molar-refractivity contribution in [3.8, 4) is 0 Å². The standard InChI is InChI=1S/C7H15NO2/c1-3-10-5-4-7(2,8)6-9/h6H,3-5,8H2,1-2H3. The molecule has 0 saturated carbocycles. The van der Waals surface area contributed by atoms with Crippen LogP contribution >= 0.6 is 0 Å². The molecule has 0 aliphatic rings. The Kier molecular flexibility index (Phi) is 4.23. The van der Waals surface area contributed by atoms with Crippen molar-refractivity contribution in [2.75, 3.05) is 13.2 Å². The maximum absolute atomic E-state index is 10.2. The molecule has 0 saturated heterocycles.